The Morgan fingerprint density at radius 1 is 1.53 bits per heavy atom. The van der Waals surface area contributed by atoms with Gasteiger partial charge in [0.1, 0.15) is 5.75 Å². The third-order valence-electron chi connectivity index (χ3n) is 1.90. The van der Waals surface area contributed by atoms with E-state index in [1.807, 2.05) is 24.5 Å². The highest BCUT2D eigenvalue weighted by molar-refractivity contribution is 9.10. The zero-order valence-corrected chi connectivity index (χ0v) is 11.2. The van der Waals surface area contributed by atoms with Gasteiger partial charge in [-0.25, -0.2) is 0 Å². The zero-order chi connectivity index (χ0) is 11.3. The first kappa shape index (κ1) is 12.6. The molecule has 0 spiro atoms. The van der Waals surface area contributed by atoms with Gasteiger partial charge in [0.25, 0.3) is 0 Å². The van der Waals surface area contributed by atoms with E-state index in [2.05, 4.69) is 22.0 Å². The van der Waals surface area contributed by atoms with Crippen molar-refractivity contribution >= 4 is 33.8 Å². The molecule has 0 unspecified atom stereocenters. The summed E-state index contributed by atoms with van der Waals surface area (Å²) >= 11 is 5.15. The first-order chi connectivity index (χ1) is 7.22. The summed E-state index contributed by atoms with van der Waals surface area (Å²) in [6.07, 6.45) is 5.96. The molecule has 0 radical (unpaired) electrons. The molecule has 0 heterocycles. The van der Waals surface area contributed by atoms with Crippen LogP contribution in [0.4, 0.5) is 0 Å². The molecule has 0 saturated heterocycles. The summed E-state index contributed by atoms with van der Waals surface area (Å²) in [4.78, 5) is 1.11. The zero-order valence-electron chi connectivity index (χ0n) is 8.79. The topological polar surface area (TPSA) is 35.2 Å². The smallest absolute Gasteiger partial charge is 0.146 e. The normalized spacial score (nSPS) is 10.9. The lowest BCUT2D eigenvalue weighted by atomic mass is 10.2. The molecule has 15 heavy (non-hydrogen) atoms. The van der Waals surface area contributed by atoms with Crippen LogP contribution in [0.5, 0.6) is 5.75 Å². The lowest BCUT2D eigenvalue weighted by Crippen LogP contribution is -1.92. The number of hydrogen-bond acceptors (Lipinski definition) is 3. The highest BCUT2D eigenvalue weighted by atomic mass is 79.9. The van der Waals surface area contributed by atoms with Crippen LogP contribution in [0.1, 0.15) is 5.56 Å². The van der Waals surface area contributed by atoms with Gasteiger partial charge in [-0.3, -0.25) is 0 Å². The summed E-state index contributed by atoms with van der Waals surface area (Å²) in [6, 6.07) is 4.10. The molecule has 0 aliphatic rings. The van der Waals surface area contributed by atoms with Gasteiger partial charge in [-0.05, 0) is 39.9 Å². The molecule has 0 saturated carbocycles. The molecular weight excluding hydrogens is 274 g/mol. The Balaban J connectivity index is 3.13. The van der Waals surface area contributed by atoms with Crippen molar-refractivity contribution in [3.8, 4) is 5.75 Å². The summed E-state index contributed by atoms with van der Waals surface area (Å²) in [5, 5.41) is 0. The van der Waals surface area contributed by atoms with Crippen molar-refractivity contribution in [1.82, 2.24) is 0 Å². The van der Waals surface area contributed by atoms with Gasteiger partial charge in [-0.1, -0.05) is 12.2 Å². The molecule has 0 bridgehead atoms. The van der Waals surface area contributed by atoms with Crippen LogP contribution in [0, 0.1) is 0 Å². The van der Waals surface area contributed by atoms with Crippen LogP contribution in [0.15, 0.2) is 27.6 Å². The number of nitrogens with two attached hydrogens (primary N) is 1. The van der Waals surface area contributed by atoms with E-state index < -0.39 is 0 Å². The predicted octanol–water partition coefficient (Wildman–Crippen LogP) is 3.15. The van der Waals surface area contributed by atoms with Crippen molar-refractivity contribution in [2.75, 3.05) is 19.9 Å². The maximum absolute atomic E-state index is 5.41. The van der Waals surface area contributed by atoms with E-state index in [0.29, 0.717) is 6.54 Å². The minimum atomic E-state index is 0.554. The highest BCUT2D eigenvalue weighted by Gasteiger charge is 2.07. The van der Waals surface area contributed by atoms with Crippen LogP contribution in [-0.2, 0) is 0 Å². The molecule has 4 heteroatoms. The molecule has 1 aromatic carbocycles. The standard InChI is InChI=1S/C11H14BrNOS/c1-14-11-9(12)6-8(4-3-5-13)7-10(11)15-2/h3-4,6-7H,5,13H2,1-2H3/b4-3+. The van der Waals surface area contributed by atoms with Crippen LogP contribution in [0.2, 0.25) is 0 Å². The Bertz CT molecular complexity index is 366. The molecule has 0 atom stereocenters. The van der Waals surface area contributed by atoms with E-state index in [4.69, 9.17) is 10.5 Å². The Hall–Kier alpha value is -0.450. The number of methoxy groups -OCH3 is 1. The Labute approximate surface area is 103 Å². The van der Waals surface area contributed by atoms with Crippen LogP contribution in [0.25, 0.3) is 6.08 Å². The average Bonchev–Trinajstić information content (AvgIpc) is 2.25. The molecule has 1 aromatic rings. The van der Waals surface area contributed by atoms with Crippen molar-refractivity contribution < 1.29 is 4.74 Å². The van der Waals surface area contributed by atoms with Crippen LogP contribution >= 0.6 is 27.7 Å². The second kappa shape index (κ2) is 6.20. The first-order valence-corrected chi connectivity index (χ1v) is 6.52. The van der Waals surface area contributed by atoms with E-state index in [9.17, 15) is 0 Å². The minimum Gasteiger partial charge on any atom is -0.494 e. The minimum absolute atomic E-state index is 0.554. The molecule has 0 aliphatic heterocycles. The fraction of sp³-hybridized carbons (Fsp3) is 0.273. The van der Waals surface area contributed by atoms with E-state index in [0.717, 1.165) is 20.7 Å². The van der Waals surface area contributed by atoms with Gasteiger partial charge >= 0.3 is 0 Å². The van der Waals surface area contributed by atoms with Gasteiger partial charge in [-0.15, -0.1) is 11.8 Å². The summed E-state index contributed by atoms with van der Waals surface area (Å²) in [5.41, 5.74) is 6.54. The van der Waals surface area contributed by atoms with Crippen molar-refractivity contribution in [2.45, 2.75) is 4.90 Å². The number of ether oxygens (including phenoxy) is 1. The van der Waals surface area contributed by atoms with Crippen LogP contribution < -0.4 is 10.5 Å². The monoisotopic (exact) mass is 287 g/mol. The maximum atomic E-state index is 5.41. The van der Waals surface area contributed by atoms with Gasteiger partial charge in [0, 0.05) is 6.54 Å². The number of benzene rings is 1. The largest absolute Gasteiger partial charge is 0.494 e. The van der Waals surface area contributed by atoms with E-state index in [1.165, 1.54) is 0 Å². The number of rotatable bonds is 4. The lowest BCUT2D eigenvalue weighted by molar-refractivity contribution is 0.402. The third kappa shape index (κ3) is 3.26. The fourth-order valence-corrected chi connectivity index (χ4v) is 2.64. The van der Waals surface area contributed by atoms with E-state index in [1.54, 1.807) is 18.9 Å². The Morgan fingerprint density at radius 2 is 2.27 bits per heavy atom. The number of thioether (sulfide) groups is 1. The van der Waals surface area contributed by atoms with Crippen molar-refractivity contribution in [3.63, 3.8) is 0 Å². The second-order valence-corrected chi connectivity index (χ2v) is 4.58. The molecule has 0 amide bonds. The molecular formula is C11H14BrNOS. The van der Waals surface area contributed by atoms with Gasteiger partial charge in [-0.2, -0.15) is 0 Å². The van der Waals surface area contributed by atoms with E-state index in [-0.39, 0.29) is 0 Å². The maximum Gasteiger partial charge on any atom is 0.146 e. The van der Waals surface area contributed by atoms with Gasteiger partial charge < -0.3 is 10.5 Å². The van der Waals surface area contributed by atoms with Crippen molar-refractivity contribution in [2.24, 2.45) is 5.73 Å². The molecule has 0 aliphatic carbocycles. The SMILES string of the molecule is COc1c(Br)cc(/C=C/CN)cc1SC. The molecule has 82 valence electrons. The Kier molecular flexibility index (Phi) is 5.22. The van der Waals surface area contributed by atoms with Crippen molar-refractivity contribution in [3.05, 3.63) is 28.2 Å². The molecule has 0 aromatic heterocycles. The second-order valence-electron chi connectivity index (χ2n) is 2.88. The van der Waals surface area contributed by atoms with Gasteiger partial charge in [0.15, 0.2) is 0 Å². The first-order valence-electron chi connectivity index (χ1n) is 4.51. The van der Waals surface area contributed by atoms with Crippen LogP contribution in [-0.4, -0.2) is 19.9 Å². The molecule has 2 nitrogen and oxygen atoms in total. The van der Waals surface area contributed by atoms with E-state index >= 15 is 0 Å². The number of halogens is 1. The number of hydrogen-bond donors (Lipinski definition) is 1. The third-order valence-corrected chi connectivity index (χ3v) is 3.23. The van der Waals surface area contributed by atoms with Gasteiger partial charge in [0.05, 0.1) is 16.5 Å². The summed E-state index contributed by atoms with van der Waals surface area (Å²) in [6.45, 7) is 0.554. The van der Waals surface area contributed by atoms with Crippen molar-refractivity contribution in [1.29, 1.82) is 0 Å². The highest BCUT2D eigenvalue weighted by Crippen LogP contribution is 2.36. The summed E-state index contributed by atoms with van der Waals surface area (Å²) in [7, 11) is 1.68. The summed E-state index contributed by atoms with van der Waals surface area (Å²) < 4.78 is 6.28. The van der Waals surface area contributed by atoms with Gasteiger partial charge in [0.2, 0.25) is 0 Å². The predicted molar refractivity (Wildman–Crippen MR) is 70.6 cm³/mol. The Morgan fingerprint density at radius 3 is 2.80 bits per heavy atom. The molecule has 0 fully saturated rings. The van der Waals surface area contributed by atoms with Crippen LogP contribution in [0.3, 0.4) is 0 Å². The average molecular weight is 288 g/mol. The molecule has 2 N–H and O–H groups in total. The fourth-order valence-electron chi connectivity index (χ4n) is 1.24. The quantitative estimate of drug-likeness (QED) is 0.864. The molecule has 1 rings (SSSR count). The summed E-state index contributed by atoms with van der Waals surface area (Å²) in [5.74, 6) is 0.882. The lowest BCUT2D eigenvalue weighted by Gasteiger charge is -2.09.